The lowest BCUT2D eigenvalue weighted by Crippen LogP contribution is -1.89. The summed E-state index contributed by atoms with van der Waals surface area (Å²) in [5, 5.41) is 20.5. The third-order valence-corrected chi connectivity index (χ3v) is 4.74. The number of rotatable bonds is 4. The molecule has 0 aliphatic carbocycles. The Bertz CT molecular complexity index is 614. The molecule has 5 heteroatoms. The molecular weight excluding hydrogens is 327 g/mol. The van der Waals surface area contributed by atoms with Crippen LogP contribution in [0.5, 0.6) is 11.5 Å². The molecule has 0 unspecified atom stereocenters. The van der Waals surface area contributed by atoms with Crippen LogP contribution in [0.4, 0.5) is 0 Å². The summed E-state index contributed by atoms with van der Waals surface area (Å²) in [4.78, 5) is 1.35. The molecule has 0 amide bonds. The Morgan fingerprint density at radius 1 is 0.810 bits per heavy atom. The van der Waals surface area contributed by atoms with Gasteiger partial charge in [-0.15, -0.1) is 23.2 Å². The van der Waals surface area contributed by atoms with Crippen LogP contribution >= 0.6 is 35.0 Å². The van der Waals surface area contributed by atoms with Crippen LogP contribution in [0.15, 0.2) is 34.1 Å². The van der Waals surface area contributed by atoms with Gasteiger partial charge in [-0.1, -0.05) is 23.9 Å². The van der Waals surface area contributed by atoms with Crippen molar-refractivity contribution in [1.82, 2.24) is 0 Å². The van der Waals surface area contributed by atoms with Crippen LogP contribution in [0.2, 0.25) is 0 Å². The van der Waals surface area contributed by atoms with Crippen molar-refractivity contribution in [2.45, 2.75) is 35.4 Å². The van der Waals surface area contributed by atoms with Crippen LogP contribution in [-0.4, -0.2) is 10.2 Å². The average molecular weight is 343 g/mol. The zero-order valence-electron chi connectivity index (χ0n) is 11.8. The summed E-state index contributed by atoms with van der Waals surface area (Å²) in [5.41, 5.74) is 3.39. The highest BCUT2D eigenvalue weighted by molar-refractivity contribution is 7.99. The molecule has 0 saturated carbocycles. The molecule has 2 nitrogen and oxygen atoms in total. The highest BCUT2D eigenvalue weighted by atomic mass is 35.5. The Morgan fingerprint density at radius 3 is 1.52 bits per heavy atom. The number of phenolic OH excluding ortho intramolecular Hbond substituents is 2. The van der Waals surface area contributed by atoms with E-state index in [1.54, 1.807) is 0 Å². The molecule has 0 radical (unpaired) electrons. The molecule has 0 fully saturated rings. The Labute approximate surface area is 138 Å². The van der Waals surface area contributed by atoms with Crippen molar-refractivity contribution in [2.75, 3.05) is 0 Å². The van der Waals surface area contributed by atoms with Crippen molar-refractivity contribution in [2.24, 2.45) is 0 Å². The van der Waals surface area contributed by atoms with Gasteiger partial charge in [0, 0.05) is 11.1 Å². The normalized spacial score (nSPS) is 10.9. The third kappa shape index (κ3) is 3.60. The van der Waals surface area contributed by atoms with E-state index < -0.39 is 0 Å². The van der Waals surface area contributed by atoms with E-state index in [-0.39, 0.29) is 23.3 Å². The quantitative estimate of drug-likeness (QED) is 0.736. The van der Waals surface area contributed by atoms with Crippen molar-refractivity contribution < 1.29 is 10.2 Å². The summed E-state index contributed by atoms with van der Waals surface area (Å²) < 4.78 is 0. The molecule has 0 spiro atoms. The Balaban J connectivity index is 2.48. The van der Waals surface area contributed by atoms with Crippen LogP contribution in [0.3, 0.4) is 0 Å². The van der Waals surface area contributed by atoms with E-state index in [9.17, 15) is 10.2 Å². The topological polar surface area (TPSA) is 40.5 Å². The molecule has 0 atom stereocenters. The van der Waals surface area contributed by atoms with Crippen molar-refractivity contribution in [1.29, 1.82) is 0 Å². The predicted octanol–water partition coefficient (Wildman–Crippen LogP) is 5.34. The number of hydrogen-bond donors (Lipinski definition) is 2. The number of phenols is 2. The van der Waals surface area contributed by atoms with E-state index in [0.717, 1.165) is 11.1 Å². The predicted molar refractivity (Wildman–Crippen MR) is 88.9 cm³/mol. The monoisotopic (exact) mass is 342 g/mol. The zero-order valence-corrected chi connectivity index (χ0v) is 14.1. The summed E-state index contributed by atoms with van der Waals surface area (Å²) in [6, 6.07) is 7.45. The number of hydrogen-bond acceptors (Lipinski definition) is 3. The maximum absolute atomic E-state index is 10.2. The fourth-order valence-corrected chi connectivity index (χ4v) is 3.70. The minimum atomic E-state index is 0.161. The maximum atomic E-state index is 10.2. The lowest BCUT2D eigenvalue weighted by Gasteiger charge is -2.13. The van der Waals surface area contributed by atoms with Gasteiger partial charge in [-0.25, -0.2) is 0 Å². The van der Waals surface area contributed by atoms with Crippen molar-refractivity contribution >= 4 is 35.0 Å². The Kier molecular flexibility index (Phi) is 5.31. The summed E-state index contributed by atoms with van der Waals surface area (Å²) in [6.45, 7) is 3.89. The minimum Gasteiger partial charge on any atom is -0.506 e. The molecule has 21 heavy (non-hydrogen) atoms. The minimum absolute atomic E-state index is 0.161. The van der Waals surface area contributed by atoms with Crippen molar-refractivity contribution in [3.63, 3.8) is 0 Å². The molecule has 2 aromatic carbocycles. The molecule has 2 N–H and O–H groups in total. The molecule has 0 bridgehead atoms. The van der Waals surface area contributed by atoms with E-state index in [1.165, 1.54) is 11.8 Å². The second kappa shape index (κ2) is 6.82. The highest BCUT2D eigenvalue weighted by Crippen LogP contribution is 2.43. The van der Waals surface area contributed by atoms with Gasteiger partial charge in [0.2, 0.25) is 0 Å². The van der Waals surface area contributed by atoms with Gasteiger partial charge in [0.15, 0.2) is 0 Å². The first-order valence-electron chi connectivity index (χ1n) is 6.41. The van der Waals surface area contributed by atoms with E-state index in [2.05, 4.69) is 0 Å². The van der Waals surface area contributed by atoms with Crippen LogP contribution in [0.25, 0.3) is 0 Å². The average Bonchev–Trinajstić information content (AvgIpc) is 2.45. The van der Waals surface area contributed by atoms with Gasteiger partial charge in [-0.05, 0) is 37.1 Å². The van der Waals surface area contributed by atoms with Crippen LogP contribution in [0, 0.1) is 13.8 Å². The van der Waals surface area contributed by atoms with Gasteiger partial charge >= 0.3 is 0 Å². The summed E-state index contributed by atoms with van der Waals surface area (Å²) in [7, 11) is 0. The molecular formula is C16H16Cl2O2S. The van der Waals surface area contributed by atoms with Crippen molar-refractivity contribution in [3.05, 3.63) is 46.5 Å². The van der Waals surface area contributed by atoms with Gasteiger partial charge in [0.25, 0.3) is 0 Å². The SMILES string of the molecule is Cc1cc(CCl)c(O)c(Sc2cc(C)cc(CCl)c2O)c1. The summed E-state index contributed by atoms with van der Waals surface area (Å²) in [5.74, 6) is 0.810. The molecule has 0 heterocycles. The number of aryl methyl sites for hydroxylation is 2. The smallest absolute Gasteiger partial charge is 0.133 e. The molecule has 0 aliphatic heterocycles. The maximum Gasteiger partial charge on any atom is 0.133 e. The summed E-state index contributed by atoms with van der Waals surface area (Å²) in [6.07, 6.45) is 0. The number of halogens is 2. The van der Waals surface area contributed by atoms with Crippen molar-refractivity contribution in [3.8, 4) is 11.5 Å². The standard InChI is InChI=1S/C16H16Cl2O2S/c1-9-3-11(7-17)15(19)13(5-9)21-14-6-10(2)4-12(8-18)16(14)20/h3-6,19-20H,7-8H2,1-2H3. The van der Waals surface area contributed by atoms with Gasteiger partial charge in [0.05, 0.1) is 21.6 Å². The van der Waals surface area contributed by atoms with Gasteiger partial charge in [-0.3, -0.25) is 0 Å². The van der Waals surface area contributed by atoms with E-state index in [0.29, 0.717) is 20.9 Å². The number of benzene rings is 2. The Morgan fingerprint density at radius 2 is 1.19 bits per heavy atom. The lowest BCUT2D eigenvalue weighted by atomic mass is 10.1. The third-order valence-electron chi connectivity index (χ3n) is 3.10. The summed E-state index contributed by atoms with van der Waals surface area (Å²) >= 11 is 13.0. The van der Waals surface area contributed by atoms with Gasteiger partial charge in [0.1, 0.15) is 11.5 Å². The molecule has 112 valence electrons. The second-order valence-electron chi connectivity index (χ2n) is 4.91. The lowest BCUT2D eigenvalue weighted by molar-refractivity contribution is 0.454. The first-order valence-corrected chi connectivity index (χ1v) is 8.29. The molecule has 0 aromatic heterocycles. The second-order valence-corrected chi connectivity index (χ2v) is 6.53. The molecule has 2 aromatic rings. The van der Waals surface area contributed by atoms with Crippen LogP contribution in [-0.2, 0) is 11.8 Å². The zero-order chi connectivity index (χ0) is 15.6. The first-order chi connectivity index (χ1) is 9.96. The van der Waals surface area contributed by atoms with Crippen LogP contribution < -0.4 is 0 Å². The number of aromatic hydroxyl groups is 2. The Hall–Kier alpha value is -1.03. The first kappa shape index (κ1) is 16.3. The molecule has 2 rings (SSSR count). The fourth-order valence-electron chi connectivity index (χ4n) is 2.11. The molecule has 0 aliphatic rings. The largest absolute Gasteiger partial charge is 0.506 e. The van der Waals surface area contributed by atoms with E-state index in [1.807, 2.05) is 38.1 Å². The number of alkyl halides is 2. The van der Waals surface area contributed by atoms with E-state index in [4.69, 9.17) is 23.2 Å². The molecule has 0 saturated heterocycles. The van der Waals surface area contributed by atoms with Crippen LogP contribution in [0.1, 0.15) is 22.3 Å². The van der Waals surface area contributed by atoms with Gasteiger partial charge < -0.3 is 10.2 Å². The van der Waals surface area contributed by atoms with Gasteiger partial charge in [-0.2, -0.15) is 0 Å². The fraction of sp³-hybridized carbons (Fsp3) is 0.250. The highest BCUT2D eigenvalue weighted by Gasteiger charge is 2.14. The van der Waals surface area contributed by atoms with E-state index >= 15 is 0 Å².